The molecule has 14 heavy (non-hydrogen) atoms. The van der Waals surface area contributed by atoms with Crippen LogP contribution in [0.15, 0.2) is 24.3 Å². The van der Waals surface area contributed by atoms with Crippen molar-refractivity contribution < 1.29 is 19.4 Å². The standard InChI is InChI=1S/C10H10O4/c1-7(11)8-3-2-4-9(5-8)14-6-10(12)13/h2-5H,6H2,1H3,(H,12,13). The summed E-state index contributed by atoms with van der Waals surface area (Å²) < 4.78 is 4.91. The van der Waals surface area contributed by atoms with Gasteiger partial charge in [0.25, 0.3) is 0 Å². The summed E-state index contributed by atoms with van der Waals surface area (Å²) in [6.07, 6.45) is 0. The summed E-state index contributed by atoms with van der Waals surface area (Å²) >= 11 is 0. The van der Waals surface area contributed by atoms with Crippen LogP contribution in [0.5, 0.6) is 5.75 Å². The molecule has 0 saturated heterocycles. The summed E-state index contributed by atoms with van der Waals surface area (Å²) in [6.45, 7) is 1.04. The van der Waals surface area contributed by atoms with Gasteiger partial charge in [-0.2, -0.15) is 0 Å². The topological polar surface area (TPSA) is 63.6 Å². The van der Waals surface area contributed by atoms with Gasteiger partial charge in [-0.05, 0) is 19.1 Å². The van der Waals surface area contributed by atoms with Gasteiger partial charge in [-0.15, -0.1) is 0 Å². The SMILES string of the molecule is CC(=O)c1cccc(OCC(=O)O)c1. The Bertz CT molecular complexity index is 357. The molecule has 1 aromatic rings. The van der Waals surface area contributed by atoms with Gasteiger partial charge in [-0.1, -0.05) is 12.1 Å². The highest BCUT2D eigenvalue weighted by Crippen LogP contribution is 2.13. The second kappa shape index (κ2) is 4.41. The van der Waals surface area contributed by atoms with Gasteiger partial charge < -0.3 is 9.84 Å². The highest BCUT2D eigenvalue weighted by Gasteiger charge is 2.02. The van der Waals surface area contributed by atoms with Crippen LogP contribution in [-0.2, 0) is 4.79 Å². The molecule has 0 aromatic heterocycles. The Morgan fingerprint density at radius 2 is 2.14 bits per heavy atom. The first-order valence-electron chi connectivity index (χ1n) is 4.05. The fourth-order valence-electron chi connectivity index (χ4n) is 0.950. The van der Waals surface area contributed by atoms with E-state index in [-0.39, 0.29) is 5.78 Å². The van der Waals surface area contributed by atoms with E-state index in [4.69, 9.17) is 9.84 Å². The molecule has 0 unspecified atom stereocenters. The number of Topliss-reactive ketones (excluding diaryl/α,β-unsaturated/α-hetero) is 1. The van der Waals surface area contributed by atoms with Crippen molar-refractivity contribution in [3.8, 4) is 5.75 Å². The van der Waals surface area contributed by atoms with Gasteiger partial charge in [0.05, 0.1) is 0 Å². The van der Waals surface area contributed by atoms with Crippen LogP contribution >= 0.6 is 0 Å². The predicted octanol–water partition coefficient (Wildman–Crippen LogP) is 1.35. The first-order chi connectivity index (χ1) is 6.59. The zero-order chi connectivity index (χ0) is 10.6. The average Bonchev–Trinajstić information content (AvgIpc) is 2.15. The van der Waals surface area contributed by atoms with E-state index in [1.54, 1.807) is 18.2 Å². The average molecular weight is 194 g/mol. The minimum atomic E-state index is -1.04. The molecule has 1 rings (SSSR count). The number of carboxylic acid groups (broad SMARTS) is 1. The molecule has 4 heteroatoms. The number of hydrogen-bond acceptors (Lipinski definition) is 3. The van der Waals surface area contributed by atoms with Gasteiger partial charge in [0.15, 0.2) is 12.4 Å². The fraction of sp³-hybridized carbons (Fsp3) is 0.200. The Morgan fingerprint density at radius 3 is 2.71 bits per heavy atom. The lowest BCUT2D eigenvalue weighted by Crippen LogP contribution is -2.09. The molecule has 0 heterocycles. The number of ketones is 1. The molecule has 74 valence electrons. The third-order valence-corrected chi connectivity index (χ3v) is 1.60. The minimum Gasteiger partial charge on any atom is -0.482 e. The molecule has 1 N–H and O–H groups in total. The van der Waals surface area contributed by atoms with E-state index in [1.807, 2.05) is 0 Å². The molecule has 0 atom stereocenters. The Hall–Kier alpha value is -1.84. The molecule has 1 aromatic carbocycles. The molecule has 0 aliphatic rings. The van der Waals surface area contributed by atoms with Crippen molar-refractivity contribution in [3.63, 3.8) is 0 Å². The third-order valence-electron chi connectivity index (χ3n) is 1.60. The van der Waals surface area contributed by atoms with E-state index >= 15 is 0 Å². The summed E-state index contributed by atoms with van der Waals surface area (Å²) in [5.41, 5.74) is 0.507. The van der Waals surface area contributed by atoms with Crippen LogP contribution in [0.3, 0.4) is 0 Å². The summed E-state index contributed by atoms with van der Waals surface area (Å²) in [4.78, 5) is 21.2. The van der Waals surface area contributed by atoms with Crippen LogP contribution in [0.25, 0.3) is 0 Å². The summed E-state index contributed by atoms with van der Waals surface area (Å²) in [7, 11) is 0. The van der Waals surface area contributed by atoms with Crippen molar-refractivity contribution in [3.05, 3.63) is 29.8 Å². The van der Waals surface area contributed by atoms with Crippen molar-refractivity contribution in [2.24, 2.45) is 0 Å². The summed E-state index contributed by atoms with van der Waals surface area (Å²) in [5, 5.41) is 8.36. The van der Waals surface area contributed by atoms with Crippen molar-refractivity contribution in [2.45, 2.75) is 6.92 Å². The molecule has 0 spiro atoms. The van der Waals surface area contributed by atoms with Crippen molar-refractivity contribution in [1.82, 2.24) is 0 Å². The molecule has 0 bridgehead atoms. The number of carbonyl (C=O) groups is 2. The second-order valence-electron chi connectivity index (χ2n) is 2.77. The number of carboxylic acids is 1. The lowest BCUT2D eigenvalue weighted by molar-refractivity contribution is -0.139. The first kappa shape index (κ1) is 10.2. The van der Waals surface area contributed by atoms with Crippen LogP contribution in [0.4, 0.5) is 0 Å². The highest BCUT2D eigenvalue weighted by molar-refractivity contribution is 5.94. The minimum absolute atomic E-state index is 0.0780. The quantitative estimate of drug-likeness (QED) is 0.735. The smallest absolute Gasteiger partial charge is 0.341 e. The van der Waals surface area contributed by atoms with Crippen LogP contribution in [0.2, 0.25) is 0 Å². The maximum Gasteiger partial charge on any atom is 0.341 e. The largest absolute Gasteiger partial charge is 0.482 e. The van der Waals surface area contributed by atoms with Gasteiger partial charge in [0, 0.05) is 5.56 Å². The molecule has 0 aliphatic heterocycles. The summed E-state index contributed by atoms with van der Waals surface area (Å²) in [6, 6.07) is 6.42. The number of ether oxygens (including phenoxy) is 1. The van der Waals surface area contributed by atoms with Gasteiger partial charge >= 0.3 is 5.97 Å². The van der Waals surface area contributed by atoms with E-state index in [0.29, 0.717) is 11.3 Å². The van der Waals surface area contributed by atoms with Crippen LogP contribution in [0, 0.1) is 0 Å². The second-order valence-corrected chi connectivity index (χ2v) is 2.77. The Balaban J connectivity index is 2.73. The van der Waals surface area contributed by atoms with Gasteiger partial charge in [0.2, 0.25) is 0 Å². The van der Waals surface area contributed by atoms with E-state index < -0.39 is 12.6 Å². The number of aliphatic carboxylic acids is 1. The number of carbonyl (C=O) groups excluding carboxylic acids is 1. The van der Waals surface area contributed by atoms with Gasteiger partial charge in [-0.3, -0.25) is 4.79 Å². The molecule has 0 amide bonds. The molecule has 0 saturated carbocycles. The zero-order valence-electron chi connectivity index (χ0n) is 7.69. The van der Waals surface area contributed by atoms with E-state index in [1.165, 1.54) is 13.0 Å². The Labute approximate surface area is 81.1 Å². The molecular weight excluding hydrogens is 184 g/mol. The van der Waals surface area contributed by atoms with Crippen molar-refractivity contribution in [1.29, 1.82) is 0 Å². The number of rotatable bonds is 4. The Kier molecular flexibility index (Phi) is 3.23. The number of hydrogen-bond donors (Lipinski definition) is 1. The lowest BCUT2D eigenvalue weighted by atomic mass is 10.1. The maximum atomic E-state index is 11.0. The molecular formula is C10H10O4. The normalized spacial score (nSPS) is 9.50. The maximum absolute atomic E-state index is 11.0. The van der Waals surface area contributed by atoms with Gasteiger partial charge in [0.1, 0.15) is 5.75 Å². The third kappa shape index (κ3) is 2.90. The fourth-order valence-corrected chi connectivity index (χ4v) is 0.950. The number of benzene rings is 1. The van der Waals surface area contributed by atoms with E-state index in [0.717, 1.165) is 0 Å². The van der Waals surface area contributed by atoms with Crippen LogP contribution in [-0.4, -0.2) is 23.5 Å². The van der Waals surface area contributed by atoms with E-state index in [2.05, 4.69) is 0 Å². The molecule has 4 nitrogen and oxygen atoms in total. The lowest BCUT2D eigenvalue weighted by Gasteiger charge is -2.03. The first-order valence-corrected chi connectivity index (χ1v) is 4.05. The highest BCUT2D eigenvalue weighted by atomic mass is 16.5. The monoisotopic (exact) mass is 194 g/mol. The molecule has 0 radical (unpaired) electrons. The van der Waals surface area contributed by atoms with Crippen molar-refractivity contribution >= 4 is 11.8 Å². The summed E-state index contributed by atoms with van der Waals surface area (Å²) in [5.74, 6) is -0.732. The van der Waals surface area contributed by atoms with E-state index in [9.17, 15) is 9.59 Å². The van der Waals surface area contributed by atoms with Gasteiger partial charge in [-0.25, -0.2) is 4.79 Å². The molecule has 0 aliphatic carbocycles. The zero-order valence-corrected chi connectivity index (χ0v) is 7.69. The molecule has 0 fully saturated rings. The Morgan fingerprint density at radius 1 is 1.43 bits per heavy atom. The predicted molar refractivity (Wildman–Crippen MR) is 49.6 cm³/mol. The van der Waals surface area contributed by atoms with Crippen LogP contribution < -0.4 is 4.74 Å². The van der Waals surface area contributed by atoms with Crippen LogP contribution in [0.1, 0.15) is 17.3 Å². The van der Waals surface area contributed by atoms with Crippen molar-refractivity contribution in [2.75, 3.05) is 6.61 Å².